The maximum Gasteiger partial charge on any atom is 0.325 e. The van der Waals surface area contributed by atoms with Gasteiger partial charge < -0.3 is 14.6 Å². The number of benzene rings is 1. The highest BCUT2D eigenvalue weighted by atomic mass is 16.5. The third kappa shape index (κ3) is 3.41. The van der Waals surface area contributed by atoms with Crippen molar-refractivity contribution in [3.63, 3.8) is 0 Å². The zero-order chi connectivity index (χ0) is 18.0. The minimum Gasteiger partial charge on any atom is -0.465 e. The first-order valence-electron chi connectivity index (χ1n) is 9.12. The molecule has 0 saturated heterocycles. The van der Waals surface area contributed by atoms with E-state index in [-0.39, 0.29) is 18.4 Å². The fourth-order valence-electron chi connectivity index (χ4n) is 3.65. The van der Waals surface area contributed by atoms with Crippen molar-refractivity contribution >= 4 is 22.8 Å². The smallest absolute Gasteiger partial charge is 0.325 e. The van der Waals surface area contributed by atoms with Crippen molar-refractivity contribution in [3.8, 4) is 0 Å². The zero-order valence-corrected chi connectivity index (χ0v) is 15.2. The molecular formula is C20H26N2O3. The zero-order valence-electron chi connectivity index (χ0n) is 15.2. The van der Waals surface area contributed by atoms with Crippen LogP contribution in [-0.2, 0) is 22.4 Å². The van der Waals surface area contributed by atoms with Crippen molar-refractivity contribution in [1.82, 2.24) is 9.88 Å². The number of ether oxygens (including phenoxy) is 1. The van der Waals surface area contributed by atoms with E-state index in [4.69, 9.17) is 4.74 Å². The predicted molar refractivity (Wildman–Crippen MR) is 97.7 cm³/mol. The third-order valence-electron chi connectivity index (χ3n) is 4.99. The number of hydrogen-bond acceptors (Lipinski definition) is 3. The number of carbonyl (C=O) groups is 2. The van der Waals surface area contributed by atoms with E-state index < -0.39 is 0 Å². The van der Waals surface area contributed by atoms with Gasteiger partial charge in [-0.15, -0.1) is 0 Å². The molecule has 5 heteroatoms. The number of aryl methyl sites for hydroxylation is 1. The van der Waals surface area contributed by atoms with Crippen LogP contribution < -0.4 is 0 Å². The fraction of sp³-hybridized carbons (Fsp3) is 0.500. The summed E-state index contributed by atoms with van der Waals surface area (Å²) in [6.07, 6.45) is 3.25. The molecule has 0 aliphatic heterocycles. The van der Waals surface area contributed by atoms with Gasteiger partial charge in [-0.25, -0.2) is 0 Å². The number of fused-ring (bicyclic) bond motifs is 3. The lowest BCUT2D eigenvalue weighted by atomic mass is 9.87. The second-order valence-corrected chi connectivity index (χ2v) is 6.78. The lowest BCUT2D eigenvalue weighted by Crippen LogP contribution is -2.36. The van der Waals surface area contributed by atoms with Gasteiger partial charge in [0.1, 0.15) is 6.54 Å². The van der Waals surface area contributed by atoms with Crippen LogP contribution >= 0.6 is 0 Å². The van der Waals surface area contributed by atoms with Crippen molar-refractivity contribution in [2.24, 2.45) is 5.92 Å². The molecular weight excluding hydrogens is 316 g/mol. The van der Waals surface area contributed by atoms with Gasteiger partial charge >= 0.3 is 5.97 Å². The highest BCUT2D eigenvalue weighted by Gasteiger charge is 2.24. The number of aromatic nitrogens is 1. The van der Waals surface area contributed by atoms with Crippen molar-refractivity contribution in [1.29, 1.82) is 0 Å². The summed E-state index contributed by atoms with van der Waals surface area (Å²) in [6.45, 7) is 6.68. The lowest BCUT2D eigenvalue weighted by Gasteiger charge is -2.20. The maximum atomic E-state index is 13.0. The Labute approximate surface area is 148 Å². The molecule has 134 valence electrons. The number of aromatic amines is 1. The van der Waals surface area contributed by atoms with Crippen molar-refractivity contribution in [2.45, 2.75) is 40.0 Å². The normalized spacial score (nSPS) is 16.5. The van der Waals surface area contributed by atoms with E-state index in [1.165, 1.54) is 22.6 Å². The summed E-state index contributed by atoms with van der Waals surface area (Å²) in [5.74, 6) is 0.166. The van der Waals surface area contributed by atoms with Crippen molar-refractivity contribution < 1.29 is 14.3 Å². The molecule has 1 aromatic carbocycles. The largest absolute Gasteiger partial charge is 0.465 e. The molecule has 1 aliphatic rings. The van der Waals surface area contributed by atoms with Gasteiger partial charge in [-0.05, 0) is 50.7 Å². The molecule has 1 heterocycles. The molecule has 0 spiro atoms. The van der Waals surface area contributed by atoms with Crippen LogP contribution in [0.15, 0.2) is 18.2 Å². The number of hydrogen-bond donors (Lipinski definition) is 1. The van der Waals surface area contributed by atoms with E-state index in [0.29, 0.717) is 24.6 Å². The molecule has 1 N–H and O–H groups in total. The summed E-state index contributed by atoms with van der Waals surface area (Å²) in [5, 5.41) is 1.14. The van der Waals surface area contributed by atoms with Crippen LogP contribution in [0.1, 0.15) is 48.8 Å². The summed E-state index contributed by atoms with van der Waals surface area (Å²) in [4.78, 5) is 29.8. The van der Waals surface area contributed by atoms with Crippen LogP contribution in [-0.4, -0.2) is 41.5 Å². The van der Waals surface area contributed by atoms with E-state index in [2.05, 4.69) is 18.0 Å². The van der Waals surface area contributed by atoms with Gasteiger partial charge in [0.25, 0.3) is 5.91 Å². The summed E-state index contributed by atoms with van der Waals surface area (Å²) >= 11 is 0. The topological polar surface area (TPSA) is 62.4 Å². The number of rotatable bonds is 5. The van der Waals surface area contributed by atoms with Gasteiger partial charge in [0.05, 0.1) is 17.7 Å². The summed E-state index contributed by atoms with van der Waals surface area (Å²) < 4.78 is 4.99. The number of amides is 1. The monoisotopic (exact) mass is 342 g/mol. The highest BCUT2D eigenvalue weighted by Crippen LogP contribution is 2.33. The minimum absolute atomic E-state index is 0.0168. The Bertz CT molecular complexity index is 794. The average Bonchev–Trinajstić information content (AvgIpc) is 2.97. The van der Waals surface area contributed by atoms with Gasteiger partial charge in [-0.1, -0.05) is 19.1 Å². The first-order chi connectivity index (χ1) is 12.0. The molecule has 25 heavy (non-hydrogen) atoms. The highest BCUT2D eigenvalue weighted by molar-refractivity contribution is 6.07. The summed E-state index contributed by atoms with van der Waals surface area (Å²) in [6, 6.07) is 5.85. The van der Waals surface area contributed by atoms with E-state index in [0.717, 1.165) is 23.7 Å². The Morgan fingerprint density at radius 3 is 2.84 bits per heavy atom. The van der Waals surface area contributed by atoms with E-state index >= 15 is 0 Å². The average molecular weight is 342 g/mol. The van der Waals surface area contributed by atoms with Gasteiger partial charge in [-0.3, -0.25) is 9.59 Å². The molecule has 1 unspecified atom stereocenters. The Balaban J connectivity index is 1.95. The van der Waals surface area contributed by atoms with Crippen LogP contribution in [0, 0.1) is 5.92 Å². The number of para-hydroxylation sites is 1. The second kappa shape index (κ2) is 7.30. The fourth-order valence-corrected chi connectivity index (χ4v) is 3.65. The Hall–Kier alpha value is -2.30. The van der Waals surface area contributed by atoms with E-state index in [1.54, 1.807) is 6.92 Å². The molecule has 0 fully saturated rings. The molecule has 1 atom stereocenters. The second-order valence-electron chi connectivity index (χ2n) is 6.78. The van der Waals surface area contributed by atoms with Crippen LogP contribution in [0.4, 0.5) is 0 Å². The number of H-pyrrole nitrogens is 1. The van der Waals surface area contributed by atoms with Gasteiger partial charge in [-0.2, -0.15) is 0 Å². The standard InChI is InChI=1S/C20H26N2O3/c1-4-22(12-18(23)25-5-2)20(24)15-8-6-7-14-16-11-13(3)9-10-17(16)21-19(14)15/h6-8,13,21H,4-5,9-12H2,1-3H3. The molecule has 3 rings (SSSR count). The summed E-state index contributed by atoms with van der Waals surface area (Å²) in [7, 11) is 0. The van der Waals surface area contributed by atoms with E-state index in [9.17, 15) is 9.59 Å². The first-order valence-corrected chi connectivity index (χ1v) is 9.12. The van der Waals surface area contributed by atoms with Crippen LogP contribution in [0.25, 0.3) is 10.9 Å². The van der Waals surface area contributed by atoms with Crippen molar-refractivity contribution in [2.75, 3.05) is 19.7 Å². The molecule has 5 nitrogen and oxygen atoms in total. The first kappa shape index (κ1) is 17.5. The molecule has 0 radical (unpaired) electrons. The Morgan fingerprint density at radius 2 is 2.12 bits per heavy atom. The SMILES string of the molecule is CCOC(=O)CN(CC)C(=O)c1cccc2c3c([nH]c12)CCC(C)C3. The number of esters is 1. The van der Waals surface area contributed by atoms with E-state index in [1.807, 2.05) is 19.1 Å². The third-order valence-corrected chi connectivity index (χ3v) is 4.99. The molecule has 1 aliphatic carbocycles. The molecule has 1 amide bonds. The maximum absolute atomic E-state index is 13.0. The summed E-state index contributed by atoms with van der Waals surface area (Å²) in [5.41, 5.74) is 4.12. The van der Waals surface area contributed by atoms with Crippen LogP contribution in [0.5, 0.6) is 0 Å². The van der Waals surface area contributed by atoms with Gasteiger partial charge in [0, 0.05) is 17.6 Å². The minimum atomic E-state index is -0.371. The van der Waals surface area contributed by atoms with Gasteiger partial charge in [0.2, 0.25) is 0 Å². The van der Waals surface area contributed by atoms with Crippen LogP contribution in [0.3, 0.4) is 0 Å². The molecule has 0 saturated carbocycles. The number of nitrogens with one attached hydrogen (secondary N) is 1. The molecule has 2 aromatic rings. The Kier molecular flexibility index (Phi) is 5.11. The molecule has 0 bridgehead atoms. The lowest BCUT2D eigenvalue weighted by molar-refractivity contribution is -0.143. The van der Waals surface area contributed by atoms with Crippen LogP contribution in [0.2, 0.25) is 0 Å². The number of nitrogens with zero attached hydrogens (tertiary/aromatic N) is 1. The number of likely N-dealkylation sites (N-methyl/N-ethyl adjacent to an activating group) is 1. The molecule has 1 aromatic heterocycles. The van der Waals surface area contributed by atoms with Gasteiger partial charge in [0.15, 0.2) is 0 Å². The van der Waals surface area contributed by atoms with Crippen molar-refractivity contribution in [3.05, 3.63) is 35.0 Å². The quantitative estimate of drug-likeness (QED) is 0.848. The predicted octanol–water partition coefficient (Wildman–Crippen LogP) is 3.32. The number of carbonyl (C=O) groups excluding carboxylic acids is 2. The Morgan fingerprint density at radius 1 is 1.32 bits per heavy atom.